The minimum Gasteiger partial charge on any atom is -0.298 e. The van der Waals surface area contributed by atoms with Crippen LogP contribution >= 0.6 is 11.8 Å². The normalized spacial score (nSPS) is 15.9. The van der Waals surface area contributed by atoms with E-state index in [1.165, 1.54) is 18.7 Å². The van der Waals surface area contributed by atoms with Crippen molar-refractivity contribution in [2.24, 2.45) is 0 Å². The van der Waals surface area contributed by atoms with Crippen LogP contribution in [0.1, 0.15) is 20.8 Å². The fourth-order valence-electron chi connectivity index (χ4n) is 0.681. The maximum Gasteiger partial charge on any atom is 0.155 e. The third-order valence-corrected chi connectivity index (χ3v) is 4.57. The highest BCUT2D eigenvalue weighted by Crippen LogP contribution is 2.15. The van der Waals surface area contributed by atoms with Gasteiger partial charge in [0.05, 0.1) is 0 Å². The van der Waals surface area contributed by atoms with E-state index in [-0.39, 0.29) is 10.4 Å². The van der Waals surface area contributed by atoms with Crippen molar-refractivity contribution in [1.82, 2.24) is 0 Å². The molecule has 0 aliphatic carbocycles. The zero-order valence-corrected chi connectivity index (χ0v) is 8.76. The second-order valence-corrected chi connectivity index (χ2v) is 5.56. The van der Waals surface area contributed by atoms with Gasteiger partial charge in [0.1, 0.15) is 4.58 Å². The Kier molecular flexibility index (Phi) is 5.86. The molecule has 0 aromatic rings. The van der Waals surface area contributed by atoms with Crippen molar-refractivity contribution in [3.63, 3.8) is 0 Å². The highest BCUT2D eigenvalue weighted by Gasteiger charge is 2.19. The van der Waals surface area contributed by atoms with E-state index >= 15 is 0 Å². The van der Waals surface area contributed by atoms with Gasteiger partial charge in [-0.25, -0.2) is 0 Å². The van der Waals surface area contributed by atoms with Crippen LogP contribution in [-0.4, -0.2) is 26.1 Å². The van der Waals surface area contributed by atoms with E-state index in [0.717, 1.165) is 5.75 Å². The molecule has 0 saturated carbocycles. The van der Waals surface area contributed by atoms with Crippen LogP contribution < -0.4 is 0 Å². The Morgan fingerprint density at radius 3 is 2.36 bits per heavy atom. The quantitative estimate of drug-likeness (QED) is 0.664. The van der Waals surface area contributed by atoms with Crippen molar-refractivity contribution in [2.45, 2.75) is 25.4 Å². The molecule has 11 heavy (non-hydrogen) atoms. The summed E-state index contributed by atoms with van der Waals surface area (Å²) in [4.78, 5) is 10.9. The van der Waals surface area contributed by atoms with Crippen molar-refractivity contribution in [1.29, 1.82) is 0 Å². The standard InChI is InChI=1S/C7H14O2S2/c1-4-10-7(6(3)8)11(9)5-2/h7H,4-5H2,1-3H3. The van der Waals surface area contributed by atoms with Gasteiger partial charge in [-0.3, -0.25) is 9.00 Å². The molecule has 0 aliphatic heterocycles. The number of hydrogen-bond donors (Lipinski definition) is 0. The summed E-state index contributed by atoms with van der Waals surface area (Å²) in [6.45, 7) is 5.30. The number of carbonyl (C=O) groups excluding carboxylic acids is 1. The van der Waals surface area contributed by atoms with Crippen molar-refractivity contribution in [3.8, 4) is 0 Å². The molecule has 2 atom stereocenters. The number of carbonyl (C=O) groups is 1. The zero-order valence-electron chi connectivity index (χ0n) is 7.12. The number of ketones is 1. The summed E-state index contributed by atoms with van der Waals surface area (Å²) < 4.78 is 10.9. The lowest BCUT2D eigenvalue weighted by atomic mass is 10.5. The molecular formula is C7H14O2S2. The van der Waals surface area contributed by atoms with Gasteiger partial charge >= 0.3 is 0 Å². The number of thioether (sulfide) groups is 1. The predicted molar refractivity (Wildman–Crippen MR) is 51.3 cm³/mol. The molecule has 0 N–H and O–H groups in total. The summed E-state index contributed by atoms with van der Waals surface area (Å²) in [6.07, 6.45) is 0. The molecule has 0 aromatic carbocycles. The number of hydrogen-bond acceptors (Lipinski definition) is 3. The molecule has 0 saturated heterocycles. The molecule has 0 aliphatic rings. The summed E-state index contributed by atoms with van der Waals surface area (Å²) in [5.41, 5.74) is 0. The largest absolute Gasteiger partial charge is 0.298 e. The van der Waals surface area contributed by atoms with Crippen LogP contribution in [0.15, 0.2) is 0 Å². The van der Waals surface area contributed by atoms with E-state index in [4.69, 9.17) is 0 Å². The predicted octanol–water partition coefficient (Wildman–Crippen LogP) is 1.42. The first kappa shape index (κ1) is 11.2. The smallest absolute Gasteiger partial charge is 0.155 e. The molecule has 0 amide bonds. The van der Waals surface area contributed by atoms with Gasteiger partial charge < -0.3 is 0 Å². The maximum absolute atomic E-state index is 11.2. The Morgan fingerprint density at radius 1 is 1.55 bits per heavy atom. The average molecular weight is 194 g/mol. The summed E-state index contributed by atoms with van der Waals surface area (Å²) in [5.74, 6) is 1.43. The maximum atomic E-state index is 11.2. The van der Waals surface area contributed by atoms with Gasteiger partial charge in [-0.15, -0.1) is 11.8 Å². The molecule has 66 valence electrons. The molecule has 0 heterocycles. The Bertz CT molecular complexity index is 157. The van der Waals surface area contributed by atoms with Crippen molar-refractivity contribution < 1.29 is 9.00 Å². The fraction of sp³-hybridized carbons (Fsp3) is 0.857. The third-order valence-electron chi connectivity index (χ3n) is 1.17. The molecule has 0 aromatic heterocycles. The second kappa shape index (κ2) is 5.77. The van der Waals surface area contributed by atoms with Gasteiger partial charge in [0.25, 0.3) is 0 Å². The Morgan fingerprint density at radius 2 is 2.09 bits per heavy atom. The fourth-order valence-corrected chi connectivity index (χ4v) is 3.32. The lowest BCUT2D eigenvalue weighted by Gasteiger charge is -2.09. The average Bonchev–Trinajstić information content (AvgIpc) is 1.98. The molecule has 2 unspecified atom stereocenters. The number of Topliss-reactive ketones (excluding diaryl/α,β-unsaturated/α-hetero) is 1. The van der Waals surface area contributed by atoms with E-state index in [1.54, 1.807) is 0 Å². The Labute approximate surface area is 74.6 Å². The highest BCUT2D eigenvalue weighted by molar-refractivity contribution is 8.12. The van der Waals surface area contributed by atoms with Crippen molar-refractivity contribution >= 4 is 28.3 Å². The van der Waals surface area contributed by atoms with E-state index in [9.17, 15) is 9.00 Å². The Balaban J connectivity index is 4.09. The first-order valence-corrected chi connectivity index (χ1v) is 6.05. The van der Waals surface area contributed by atoms with Gasteiger partial charge in [-0.05, 0) is 12.7 Å². The summed E-state index contributed by atoms with van der Waals surface area (Å²) >= 11 is 1.47. The lowest BCUT2D eigenvalue weighted by Crippen LogP contribution is -2.21. The topological polar surface area (TPSA) is 34.1 Å². The molecule has 0 radical (unpaired) electrons. The van der Waals surface area contributed by atoms with Crippen molar-refractivity contribution in [3.05, 3.63) is 0 Å². The van der Waals surface area contributed by atoms with E-state index in [0.29, 0.717) is 5.75 Å². The monoisotopic (exact) mass is 194 g/mol. The van der Waals surface area contributed by atoms with Crippen molar-refractivity contribution in [2.75, 3.05) is 11.5 Å². The van der Waals surface area contributed by atoms with Crippen LogP contribution in [0.2, 0.25) is 0 Å². The van der Waals surface area contributed by atoms with Crippen LogP contribution in [0.25, 0.3) is 0 Å². The molecule has 4 heteroatoms. The van der Waals surface area contributed by atoms with Gasteiger partial charge in [-0.1, -0.05) is 13.8 Å². The van der Waals surface area contributed by atoms with Crippen LogP contribution in [0.5, 0.6) is 0 Å². The molecule has 0 bridgehead atoms. The highest BCUT2D eigenvalue weighted by atomic mass is 32.2. The summed E-state index contributed by atoms with van der Waals surface area (Å²) in [7, 11) is -0.981. The molecule has 0 spiro atoms. The summed E-state index contributed by atoms with van der Waals surface area (Å²) in [6, 6.07) is 0. The minimum atomic E-state index is -0.981. The zero-order chi connectivity index (χ0) is 8.85. The van der Waals surface area contributed by atoms with Crippen LogP contribution in [0, 0.1) is 0 Å². The third kappa shape index (κ3) is 3.91. The van der Waals surface area contributed by atoms with Gasteiger partial charge in [-0.2, -0.15) is 0 Å². The van der Waals surface area contributed by atoms with Gasteiger partial charge in [0.2, 0.25) is 0 Å². The van der Waals surface area contributed by atoms with E-state index < -0.39 is 10.8 Å². The van der Waals surface area contributed by atoms with E-state index in [1.807, 2.05) is 13.8 Å². The van der Waals surface area contributed by atoms with Gasteiger partial charge in [0, 0.05) is 16.6 Å². The molecule has 0 rings (SSSR count). The van der Waals surface area contributed by atoms with E-state index in [2.05, 4.69) is 0 Å². The number of rotatable bonds is 5. The first-order chi connectivity index (χ1) is 5.13. The SMILES string of the molecule is CCSC(C(C)=O)S(=O)CC. The van der Waals surface area contributed by atoms with Crippen LogP contribution in [0.3, 0.4) is 0 Å². The van der Waals surface area contributed by atoms with Crippen LogP contribution in [-0.2, 0) is 15.6 Å². The molecular weight excluding hydrogens is 180 g/mol. The van der Waals surface area contributed by atoms with Crippen LogP contribution in [0.4, 0.5) is 0 Å². The first-order valence-electron chi connectivity index (χ1n) is 3.62. The van der Waals surface area contributed by atoms with Gasteiger partial charge in [0.15, 0.2) is 5.78 Å². The second-order valence-electron chi connectivity index (χ2n) is 2.07. The lowest BCUT2D eigenvalue weighted by molar-refractivity contribution is -0.115. The summed E-state index contributed by atoms with van der Waals surface area (Å²) in [5, 5.41) is 0. The molecule has 2 nitrogen and oxygen atoms in total. The molecule has 0 fully saturated rings. The minimum absolute atomic E-state index is 0.0250. The Hall–Kier alpha value is 0.170.